The summed E-state index contributed by atoms with van der Waals surface area (Å²) >= 11 is 5.77. The summed E-state index contributed by atoms with van der Waals surface area (Å²) in [7, 11) is 0. The van der Waals surface area contributed by atoms with Crippen molar-refractivity contribution in [3.8, 4) is 0 Å². The van der Waals surface area contributed by atoms with E-state index in [1.807, 2.05) is 0 Å². The third-order valence-electron chi connectivity index (χ3n) is 2.58. The normalized spacial score (nSPS) is 10.3. The predicted octanol–water partition coefficient (Wildman–Crippen LogP) is 1.43. The number of anilines is 2. The van der Waals surface area contributed by atoms with Crippen LogP contribution in [0, 0.1) is 6.92 Å². The van der Waals surface area contributed by atoms with E-state index in [0.29, 0.717) is 22.1 Å². The first kappa shape index (κ1) is 14.1. The lowest BCUT2D eigenvalue weighted by Crippen LogP contribution is -2.29. The molecule has 0 aliphatic heterocycles. The molecule has 0 bridgehead atoms. The molecule has 0 atom stereocenters. The fraction of sp³-hybridized carbons (Fsp3) is 0.154. The maximum atomic E-state index is 11.9. The average molecular weight is 293 g/mol. The van der Waals surface area contributed by atoms with Gasteiger partial charge >= 0.3 is 0 Å². The molecule has 0 saturated heterocycles. The molecule has 6 nitrogen and oxygen atoms in total. The molecular weight excluding hydrogens is 280 g/mol. The van der Waals surface area contributed by atoms with Crippen LogP contribution >= 0.6 is 11.6 Å². The Balaban J connectivity index is 2.13. The highest BCUT2D eigenvalue weighted by Gasteiger charge is 2.08. The van der Waals surface area contributed by atoms with Gasteiger partial charge < -0.3 is 11.1 Å². The molecule has 20 heavy (non-hydrogen) atoms. The van der Waals surface area contributed by atoms with Crippen molar-refractivity contribution in [3.05, 3.63) is 51.4 Å². The zero-order chi connectivity index (χ0) is 14.7. The van der Waals surface area contributed by atoms with Gasteiger partial charge in [-0.1, -0.05) is 11.6 Å². The van der Waals surface area contributed by atoms with Crippen LogP contribution in [0.3, 0.4) is 0 Å². The van der Waals surface area contributed by atoms with Crippen molar-refractivity contribution in [1.29, 1.82) is 0 Å². The molecule has 2 aromatic rings. The number of carbonyl (C=O) groups is 1. The van der Waals surface area contributed by atoms with E-state index in [9.17, 15) is 9.59 Å². The number of rotatable bonds is 3. The molecule has 2 rings (SSSR count). The van der Waals surface area contributed by atoms with Crippen LogP contribution in [0.15, 0.2) is 35.1 Å². The zero-order valence-electron chi connectivity index (χ0n) is 10.8. The minimum atomic E-state index is -0.390. The van der Waals surface area contributed by atoms with E-state index in [1.54, 1.807) is 25.1 Å². The monoisotopic (exact) mass is 292 g/mol. The number of halogens is 1. The lowest BCUT2D eigenvalue weighted by atomic mass is 10.2. The predicted molar refractivity (Wildman–Crippen MR) is 77.7 cm³/mol. The quantitative estimate of drug-likeness (QED) is 0.837. The zero-order valence-corrected chi connectivity index (χ0v) is 11.5. The van der Waals surface area contributed by atoms with Crippen molar-refractivity contribution < 1.29 is 4.79 Å². The molecule has 1 amide bonds. The molecule has 3 N–H and O–H groups in total. The molecule has 0 aliphatic rings. The van der Waals surface area contributed by atoms with Gasteiger partial charge in [-0.15, -0.1) is 0 Å². The van der Waals surface area contributed by atoms with Gasteiger partial charge in [0.2, 0.25) is 5.91 Å². The van der Waals surface area contributed by atoms with Crippen LogP contribution < -0.4 is 16.6 Å². The van der Waals surface area contributed by atoms with Crippen LogP contribution in [0.4, 0.5) is 11.4 Å². The molecule has 1 heterocycles. The minimum Gasteiger partial charge on any atom is -0.397 e. The SMILES string of the molecule is Cc1ccc(=O)n(CC(=O)Nc2ccc(Cl)cc2N)n1. The van der Waals surface area contributed by atoms with Crippen molar-refractivity contribution in [2.24, 2.45) is 0 Å². The smallest absolute Gasteiger partial charge is 0.267 e. The molecule has 1 aromatic heterocycles. The van der Waals surface area contributed by atoms with E-state index in [2.05, 4.69) is 10.4 Å². The Morgan fingerprint density at radius 2 is 2.15 bits per heavy atom. The summed E-state index contributed by atoms with van der Waals surface area (Å²) in [5.41, 5.74) is 6.85. The summed E-state index contributed by atoms with van der Waals surface area (Å²) in [6.45, 7) is 1.56. The maximum Gasteiger partial charge on any atom is 0.267 e. The summed E-state index contributed by atoms with van der Waals surface area (Å²) < 4.78 is 1.09. The third-order valence-corrected chi connectivity index (χ3v) is 2.82. The molecule has 1 aromatic carbocycles. The number of nitrogens with zero attached hydrogens (tertiary/aromatic N) is 2. The van der Waals surface area contributed by atoms with Crippen LogP contribution in [-0.4, -0.2) is 15.7 Å². The van der Waals surface area contributed by atoms with Gasteiger partial charge in [-0.05, 0) is 31.2 Å². The number of nitrogens with one attached hydrogen (secondary N) is 1. The average Bonchev–Trinajstić information content (AvgIpc) is 2.37. The largest absolute Gasteiger partial charge is 0.397 e. The Labute approximate surface area is 120 Å². The van der Waals surface area contributed by atoms with Crippen molar-refractivity contribution in [1.82, 2.24) is 9.78 Å². The molecule has 0 aliphatic carbocycles. The van der Waals surface area contributed by atoms with Crippen LogP contribution in [0.25, 0.3) is 0 Å². The first-order valence-corrected chi connectivity index (χ1v) is 6.23. The molecule has 0 saturated carbocycles. The number of benzene rings is 1. The number of aryl methyl sites for hydroxylation is 1. The first-order chi connectivity index (χ1) is 9.45. The second-order valence-electron chi connectivity index (χ2n) is 4.25. The second-order valence-corrected chi connectivity index (χ2v) is 4.69. The number of nitrogen functional groups attached to an aromatic ring is 1. The van der Waals surface area contributed by atoms with Gasteiger partial charge in [-0.2, -0.15) is 5.10 Å². The van der Waals surface area contributed by atoms with Crippen molar-refractivity contribution in [2.45, 2.75) is 13.5 Å². The Morgan fingerprint density at radius 3 is 2.85 bits per heavy atom. The number of aromatic nitrogens is 2. The number of hydrogen-bond donors (Lipinski definition) is 2. The Hall–Kier alpha value is -2.34. The molecule has 104 valence electrons. The van der Waals surface area contributed by atoms with Crippen LogP contribution in [-0.2, 0) is 11.3 Å². The Kier molecular flexibility index (Phi) is 4.05. The van der Waals surface area contributed by atoms with Gasteiger partial charge in [0.05, 0.1) is 17.1 Å². The van der Waals surface area contributed by atoms with Crippen LogP contribution in [0.1, 0.15) is 5.69 Å². The van der Waals surface area contributed by atoms with Gasteiger partial charge in [0, 0.05) is 11.1 Å². The number of carbonyl (C=O) groups excluding carboxylic acids is 1. The number of amides is 1. The maximum absolute atomic E-state index is 11.9. The summed E-state index contributed by atoms with van der Waals surface area (Å²) in [5.74, 6) is -0.390. The van der Waals surface area contributed by atoms with Gasteiger partial charge in [-0.25, -0.2) is 4.68 Å². The summed E-state index contributed by atoms with van der Waals surface area (Å²) in [4.78, 5) is 23.4. The van der Waals surface area contributed by atoms with E-state index < -0.39 is 0 Å². The van der Waals surface area contributed by atoms with Crippen molar-refractivity contribution in [3.63, 3.8) is 0 Å². The fourth-order valence-corrected chi connectivity index (χ4v) is 1.82. The fourth-order valence-electron chi connectivity index (χ4n) is 1.64. The van der Waals surface area contributed by atoms with E-state index in [1.165, 1.54) is 12.1 Å². The van der Waals surface area contributed by atoms with Gasteiger partial charge in [0.25, 0.3) is 5.56 Å². The topological polar surface area (TPSA) is 90.0 Å². The van der Waals surface area contributed by atoms with Crippen LogP contribution in [0.2, 0.25) is 5.02 Å². The van der Waals surface area contributed by atoms with E-state index in [4.69, 9.17) is 17.3 Å². The highest BCUT2D eigenvalue weighted by Crippen LogP contribution is 2.22. The van der Waals surface area contributed by atoms with E-state index in [0.717, 1.165) is 4.68 Å². The van der Waals surface area contributed by atoms with Gasteiger partial charge in [-0.3, -0.25) is 9.59 Å². The minimum absolute atomic E-state index is 0.178. The molecule has 0 radical (unpaired) electrons. The highest BCUT2D eigenvalue weighted by atomic mass is 35.5. The lowest BCUT2D eigenvalue weighted by Gasteiger charge is -2.09. The van der Waals surface area contributed by atoms with E-state index in [-0.39, 0.29) is 18.0 Å². The van der Waals surface area contributed by atoms with Gasteiger partial charge in [0.15, 0.2) is 0 Å². The third kappa shape index (κ3) is 3.36. The molecule has 0 fully saturated rings. The number of nitrogens with two attached hydrogens (primary N) is 1. The molecule has 7 heteroatoms. The summed E-state index contributed by atoms with van der Waals surface area (Å²) in [6.07, 6.45) is 0. The molecule has 0 unspecified atom stereocenters. The Bertz CT molecular complexity index is 712. The lowest BCUT2D eigenvalue weighted by molar-refractivity contribution is -0.117. The molecular formula is C13H13ClN4O2. The number of hydrogen-bond acceptors (Lipinski definition) is 4. The summed E-state index contributed by atoms with van der Waals surface area (Å²) in [6, 6.07) is 7.71. The van der Waals surface area contributed by atoms with Crippen LogP contribution in [0.5, 0.6) is 0 Å². The second kappa shape index (κ2) is 5.75. The molecule has 0 spiro atoms. The van der Waals surface area contributed by atoms with E-state index >= 15 is 0 Å². The first-order valence-electron chi connectivity index (χ1n) is 5.85. The van der Waals surface area contributed by atoms with Gasteiger partial charge in [0.1, 0.15) is 6.54 Å². The Morgan fingerprint density at radius 1 is 1.40 bits per heavy atom. The van der Waals surface area contributed by atoms with Crippen molar-refractivity contribution in [2.75, 3.05) is 11.1 Å². The standard InChI is InChI=1S/C13H13ClN4O2/c1-8-2-5-13(20)18(17-8)7-12(19)16-11-4-3-9(14)6-10(11)15/h2-6H,7,15H2,1H3,(H,16,19). The van der Waals surface area contributed by atoms with Crippen molar-refractivity contribution >= 4 is 28.9 Å². The summed E-state index contributed by atoms with van der Waals surface area (Å²) in [5, 5.41) is 7.08. The highest BCUT2D eigenvalue weighted by molar-refractivity contribution is 6.31.